The Hall–Kier alpha value is -1.95. The molecule has 44 heavy (non-hydrogen) atoms. The minimum absolute atomic E-state index is 0.0650. The van der Waals surface area contributed by atoms with Gasteiger partial charge in [-0.15, -0.1) is 0 Å². The summed E-state index contributed by atoms with van der Waals surface area (Å²) in [4.78, 5) is 11.1. The van der Waals surface area contributed by atoms with E-state index in [9.17, 15) is 40.5 Å². The number of rotatable bonds is 11. The lowest BCUT2D eigenvalue weighted by atomic mass is 9.94. The van der Waals surface area contributed by atoms with Crippen molar-refractivity contribution in [2.45, 2.75) is 98.5 Å². The van der Waals surface area contributed by atoms with Crippen LogP contribution in [-0.2, 0) is 35.0 Å². The van der Waals surface area contributed by atoms with E-state index in [2.05, 4.69) is 0 Å². The third-order valence-corrected chi connectivity index (χ3v) is 7.95. The third-order valence-electron chi connectivity index (χ3n) is 7.95. The lowest BCUT2D eigenvalue weighted by Gasteiger charge is -2.49. The van der Waals surface area contributed by atoms with Gasteiger partial charge < -0.3 is 86.5 Å². The molecule has 3 aliphatic rings. The van der Waals surface area contributed by atoms with Crippen molar-refractivity contribution in [3.05, 3.63) is 35.4 Å². The van der Waals surface area contributed by atoms with E-state index in [1.807, 2.05) is 0 Å². The van der Waals surface area contributed by atoms with E-state index in [-0.39, 0.29) is 12.2 Å². The molecule has 18 nitrogen and oxygen atoms in total. The number of nitrogens with two attached hydrogens (primary N) is 3. The summed E-state index contributed by atoms with van der Waals surface area (Å²) in [6.07, 6.45) is -16.6. The largest absolute Gasteiger partial charge is 0.478 e. The molecule has 4 rings (SSSR count). The fourth-order valence-electron chi connectivity index (χ4n) is 5.31. The average Bonchev–Trinajstić information content (AvgIpc) is 3.02. The first-order valence-electron chi connectivity index (χ1n) is 13.9. The first-order valence-corrected chi connectivity index (χ1v) is 13.9. The second-order valence-corrected chi connectivity index (χ2v) is 10.9. The number of hydrogen-bond donors (Lipinski definition) is 11. The van der Waals surface area contributed by atoms with Crippen LogP contribution in [0.1, 0.15) is 15.9 Å². The van der Waals surface area contributed by atoms with Gasteiger partial charge >= 0.3 is 5.97 Å². The van der Waals surface area contributed by atoms with Gasteiger partial charge in [-0.2, -0.15) is 0 Å². The number of aromatic carboxylic acids is 1. The minimum Gasteiger partial charge on any atom is -0.478 e. The molecule has 14 N–H and O–H groups in total. The zero-order chi connectivity index (χ0) is 32.3. The number of ether oxygens (including phenoxy) is 6. The maximum atomic E-state index is 11.1. The Labute approximate surface area is 251 Å². The number of benzene rings is 1. The van der Waals surface area contributed by atoms with Crippen LogP contribution in [-0.4, -0.2) is 159 Å². The molecule has 1 aromatic rings. The highest BCUT2D eigenvalue weighted by molar-refractivity contribution is 5.87. The summed E-state index contributed by atoms with van der Waals surface area (Å²) in [7, 11) is 0. The molecule has 3 aliphatic heterocycles. The van der Waals surface area contributed by atoms with E-state index in [4.69, 9.17) is 50.7 Å². The van der Waals surface area contributed by atoms with Crippen molar-refractivity contribution in [1.29, 1.82) is 0 Å². The summed E-state index contributed by atoms with van der Waals surface area (Å²) < 4.78 is 34.4. The number of aliphatic hydroxyl groups excluding tert-OH is 7. The highest BCUT2D eigenvalue weighted by Gasteiger charge is 2.52. The molecule has 3 heterocycles. The van der Waals surface area contributed by atoms with Crippen LogP contribution >= 0.6 is 0 Å². The minimum atomic E-state index is -1.60. The summed E-state index contributed by atoms with van der Waals surface area (Å²) in [6, 6.07) is 1.95. The Morgan fingerprint density at radius 1 is 0.682 bits per heavy atom. The van der Waals surface area contributed by atoms with Crippen molar-refractivity contribution in [2.75, 3.05) is 19.8 Å². The predicted molar refractivity (Wildman–Crippen MR) is 143 cm³/mol. The second-order valence-electron chi connectivity index (χ2n) is 10.9. The lowest BCUT2D eigenvalue weighted by molar-refractivity contribution is -0.350. The fraction of sp³-hybridized carbons (Fsp3) is 0.731. The molecule has 250 valence electrons. The van der Waals surface area contributed by atoms with Crippen LogP contribution < -0.4 is 17.2 Å². The Balaban J connectivity index is 1.48. The molecule has 3 saturated heterocycles. The van der Waals surface area contributed by atoms with E-state index in [0.717, 1.165) is 0 Å². The van der Waals surface area contributed by atoms with E-state index in [0.29, 0.717) is 5.56 Å². The molecule has 2 unspecified atom stereocenters. The fourth-order valence-corrected chi connectivity index (χ4v) is 5.31. The zero-order valence-electron chi connectivity index (χ0n) is 23.5. The first-order chi connectivity index (χ1) is 20.9. The van der Waals surface area contributed by atoms with Crippen molar-refractivity contribution < 1.29 is 74.1 Å². The van der Waals surface area contributed by atoms with Gasteiger partial charge in [0.15, 0.2) is 18.9 Å². The van der Waals surface area contributed by atoms with E-state index >= 15 is 0 Å². The molecule has 1 aromatic carbocycles. The summed E-state index contributed by atoms with van der Waals surface area (Å²) >= 11 is 0. The number of carboxylic acids is 1. The molecular formula is C26H41N3O15. The number of carboxylic acid groups (broad SMARTS) is 1. The summed E-state index contributed by atoms with van der Waals surface area (Å²) in [5.41, 5.74) is 19.0. The van der Waals surface area contributed by atoms with Crippen LogP contribution in [0.2, 0.25) is 0 Å². The lowest BCUT2D eigenvalue weighted by Crippen LogP contribution is -2.69. The van der Waals surface area contributed by atoms with Crippen LogP contribution in [0.25, 0.3) is 0 Å². The van der Waals surface area contributed by atoms with Crippen molar-refractivity contribution in [2.24, 2.45) is 17.2 Å². The molecule has 3 fully saturated rings. The van der Waals surface area contributed by atoms with Gasteiger partial charge in [0.2, 0.25) is 0 Å². The standard InChI is InChI=1S/C26H41N3O15/c27-14-18(34)17(33)11(5-30)41-25(14)43-20-12(6-31)42-26(15(28)19(20)35)44-21-13(7-32)40-24(38)16(29)22(21)39-8-9-1-3-10(4-2-9)23(36)37/h1-4,11-22,24-26,30-35,38H,5-8,27-29H2,(H,36,37)/t11-,12-,13-,14-,15-,16-,17-,18-,19-,20?,21?,22-,24-,25+,26+/m1/s1. The van der Waals surface area contributed by atoms with Gasteiger partial charge in [-0.3, -0.25) is 0 Å². The monoisotopic (exact) mass is 635 g/mol. The highest BCUT2D eigenvalue weighted by atomic mass is 16.7. The van der Waals surface area contributed by atoms with Gasteiger partial charge in [0.1, 0.15) is 54.9 Å². The zero-order valence-corrected chi connectivity index (χ0v) is 23.5. The Morgan fingerprint density at radius 3 is 1.77 bits per heavy atom. The van der Waals surface area contributed by atoms with Gasteiger partial charge in [-0.05, 0) is 17.7 Å². The molecule has 0 amide bonds. The molecular weight excluding hydrogens is 594 g/mol. The highest BCUT2D eigenvalue weighted by Crippen LogP contribution is 2.32. The van der Waals surface area contributed by atoms with Crippen molar-refractivity contribution in [3.8, 4) is 0 Å². The van der Waals surface area contributed by atoms with Gasteiger partial charge in [0, 0.05) is 0 Å². The average molecular weight is 636 g/mol. The van der Waals surface area contributed by atoms with Crippen LogP contribution in [0.4, 0.5) is 0 Å². The molecule has 0 bridgehead atoms. The number of hydrogen-bond acceptors (Lipinski definition) is 17. The first kappa shape index (κ1) is 34.9. The molecule has 0 aliphatic carbocycles. The maximum absolute atomic E-state index is 11.1. The summed E-state index contributed by atoms with van der Waals surface area (Å²) in [5.74, 6) is -1.11. The normalized spacial score (nSPS) is 43.1. The smallest absolute Gasteiger partial charge is 0.335 e. The van der Waals surface area contributed by atoms with Gasteiger partial charge in [0.05, 0.1) is 50.1 Å². The van der Waals surface area contributed by atoms with Crippen LogP contribution in [0, 0.1) is 0 Å². The summed E-state index contributed by atoms with van der Waals surface area (Å²) in [5, 5.41) is 80.4. The molecule has 0 spiro atoms. The Bertz CT molecular complexity index is 1070. The number of aliphatic hydroxyl groups is 7. The van der Waals surface area contributed by atoms with E-state index in [1.165, 1.54) is 24.3 Å². The molecule has 15 atom stereocenters. The SMILES string of the molecule is N[C@H]1[C@H](OC2[C@@H](CO)O[C@@H](OC3[C@@H](CO)O[C@@H](O)[C@H](N)[C@H]3OCc3ccc(C(=O)O)cc3)[C@H](N)[C@H]2O)O[C@H](CO)[C@@H](O)[C@@H]1O. The van der Waals surface area contributed by atoms with Crippen molar-refractivity contribution >= 4 is 5.97 Å². The maximum Gasteiger partial charge on any atom is 0.335 e. The quantitative estimate of drug-likeness (QED) is 0.108. The number of carbonyl (C=O) groups is 1. The van der Waals surface area contributed by atoms with Crippen molar-refractivity contribution in [1.82, 2.24) is 0 Å². The van der Waals surface area contributed by atoms with Gasteiger partial charge in [-0.25, -0.2) is 4.79 Å². The summed E-state index contributed by atoms with van der Waals surface area (Å²) in [6.45, 7) is -2.15. The van der Waals surface area contributed by atoms with Crippen LogP contribution in [0.3, 0.4) is 0 Å². The molecule has 0 aromatic heterocycles. The van der Waals surface area contributed by atoms with Gasteiger partial charge in [-0.1, -0.05) is 12.1 Å². The molecule has 0 saturated carbocycles. The predicted octanol–water partition coefficient (Wildman–Crippen LogP) is -5.75. The van der Waals surface area contributed by atoms with Crippen LogP contribution in [0.5, 0.6) is 0 Å². The van der Waals surface area contributed by atoms with Gasteiger partial charge in [0.25, 0.3) is 0 Å². The molecule has 0 radical (unpaired) electrons. The van der Waals surface area contributed by atoms with E-state index < -0.39 is 118 Å². The van der Waals surface area contributed by atoms with E-state index in [1.54, 1.807) is 0 Å². The third kappa shape index (κ3) is 7.37. The Kier molecular flexibility index (Phi) is 12.0. The second kappa shape index (κ2) is 15.1. The topological polar surface area (TPSA) is 312 Å². The Morgan fingerprint density at radius 2 is 1.20 bits per heavy atom. The van der Waals surface area contributed by atoms with Crippen LogP contribution in [0.15, 0.2) is 24.3 Å². The molecule has 18 heteroatoms. The van der Waals surface area contributed by atoms with Crippen molar-refractivity contribution in [3.63, 3.8) is 0 Å².